The minimum Gasteiger partial charge on any atom is -0.349 e. The van der Waals surface area contributed by atoms with Gasteiger partial charge in [0.1, 0.15) is 0 Å². The molecular formula is C11H13N3S. The lowest BCUT2D eigenvalue weighted by Crippen LogP contribution is -2.01. The number of thiophene rings is 1. The van der Waals surface area contributed by atoms with Gasteiger partial charge in [0.25, 0.3) is 0 Å². The zero-order valence-electron chi connectivity index (χ0n) is 8.82. The molecule has 15 heavy (non-hydrogen) atoms. The van der Waals surface area contributed by atoms with Gasteiger partial charge in [-0.25, -0.2) is 9.97 Å². The van der Waals surface area contributed by atoms with Gasteiger partial charge in [0.15, 0.2) is 0 Å². The summed E-state index contributed by atoms with van der Waals surface area (Å²) in [5.74, 6) is 0.687. The van der Waals surface area contributed by atoms with Crippen LogP contribution in [0.15, 0.2) is 24.5 Å². The minimum absolute atomic E-state index is 0.687. The molecule has 0 saturated heterocycles. The Morgan fingerprint density at radius 2 is 1.93 bits per heavy atom. The standard InChI is InChI=1S/C11H13N3S/c1-8-5-12-11(13-6-8)14-7-10-4-3-9(2)15-10/h3-6H,7H2,1-2H3,(H,12,13,14). The van der Waals surface area contributed by atoms with E-state index in [4.69, 9.17) is 0 Å². The number of hydrogen-bond donors (Lipinski definition) is 1. The summed E-state index contributed by atoms with van der Waals surface area (Å²) in [6.45, 7) is 4.88. The van der Waals surface area contributed by atoms with E-state index in [-0.39, 0.29) is 0 Å². The zero-order chi connectivity index (χ0) is 10.7. The third-order valence-corrected chi connectivity index (χ3v) is 3.00. The van der Waals surface area contributed by atoms with Crippen molar-refractivity contribution in [1.29, 1.82) is 0 Å². The fourth-order valence-electron chi connectivity index (χ4n) is 1.23. The van der Waals surface area contributed by atoms with E-state index in [0.29, 0.717) is 5.95 Å². The summed E-state index contributed by atoms with van der Waals surface area (Å²) in [5, 5.41) is 3.19. The summed E-state index contributed by atoms with van der Waals surface area (Å²) in [4.78, 5) is 11.0. The van der Waals surface area contributed by atoms with Gasteiger partial charge in [0.2, 0.25) is 5.95 Å². The SMILES string of the molecule is Cc1cnc(NCc2ccc(C)s2)nc1. The summed E-state index contributed by atoms with van der Waals surface area (Å²) in [5.41, 5.74) is 1.08. The van der Waals surface area contributed by atoms with Crippen LogP contribution in [0, 0.1) is 13.8 Å². The van der Waals surface area contributed by atoms with Crippen LogP contribution in [0.25, 0.3) is 0 Å². The van der Waals surface area contributed by atoms with Crippen LogP contribution in [-0.2, 0) is 6.54 Å². The van der Waals surface area contributed by atoms with Crippen LogP contribution in [0.5, 0.6) is 0 Å². The van der Waals surface area contributed by atoms with Gasteiger partial charge in [-0.3, -0.25) is 0 Å². The molecule has 0 aliphatic carbocycles. The lowest BCUT2D eigenvalue weighted by molar-refractivity contribution is 1.06. The molecule has 0 bridgehead atoms. The molecule has 0 amide bonds. The third-order valence-electron chi connectivity index (χ3n) is 2.00. The van der Waals surface area contributed by atoms with Crippen LogP contribution in [0.1, 0.15) is 15.3 Å². The van der Waals surface area contributed by atoms with Gasteiger partial charge in [-0.05, 0) is 31.5 Å². The summed E-state index contributed by atoms with van der Waals surface area (Å²) in [7, 11) is 0. The fraction of sp³-hybridized carbons (Fsp3) is 0.273. The van der Waals surface area contributed by atoms with Crippen LogP contribution < -0.4 is 5.32 Å². The molecule has 0 aliphatic heterocycles. The van der Waals surface area contributed by atoms with E-state index in [0.717, 1.165) is 12.1 Å². The van der Waals surface area contributed by atoms with Crippen LogP contribution >= 0.6 is 11.3 Å². The first-order chi connectivity index (χ1) is 7.24. The second-order valence-corrected chi connectivity index (χ2v) is 4.82. The molecule has 0 radical (unpaired) electrons. The Hall–Kier alpha value is -1.42. The Bertz CT molecular complexity index is 433. The molecule has 0 atom stereocenters. The summed E-state index contributed by atoms with van der Waals surface area (Å²) < 4.78 is 0. The lowest BCUT2D eigenvalue weighted by atomic mass is 10.4. The predicted molar refractivity (Wildman–Crippen MR) is 63.2 cm³/mol. The fourth-order valence-corrected chi connectivity index (χ4v) is 2.06. The lowest BCUT2D eigenvalue weighted by Gasteiger charge is -2.02. The van der Waals surface area contributed by atoms with Crippen molar-refractivity contribution in [1.82, 2.24) is 9.97 Å². The van der Waals surface area contributed by atoms with Crippen LogP contribution in [0.2, 0.25) is 0 Å². The molecule has 2 aromatic rings. The van der Waals surface area contributed by atoms with E-state index >= 15 is 0 Å². The predicted octanol–water partition coefficient (Wildman–Crippen LogP) is 2.77. The third kappa shape index (κ3) is 2.76. The smallest absolute Gasteiger partial charge is 0.222 e. The average molecular weight is 219 g/mol. The normalized spacial score (nSPS) is 10.3. The summed E-state index contributed by atoms with van der Waals surface area (Å²) in [6, 6.07) is 4.25. The molecule has 0 fully saturated rings. The van der Waals surface area contributed by atoms with E-state index in [1.165, 1.54) is 9.75 Å². The maximum atomic E-state index is 4.18. The number of aromatic nitrogens is 2. The van der Waals surface area contributed by atoms with E-state index in [9.17, 15) is 0 Å². The Balaban J connectivity index is 1.96. The highest BCUT2D eigenvalue weighted by atomic mass is 32.1. The molecule has 1 N–H and O–H groups in total. The quantitative estimate of drug-likeness (QED) is 0.862. The number of hydrogen-bond acceptors (Lipinski definition) is 4. The second kappa shape index (κ2) is 4.40. The highest BCUT2D eigenvalue weighted by Crippen LogP contribution is 2.15. The van der Waals surface area contributed by atoms with E-state index in [1.807, 2.05) is 19.3 Å². The molecule has 3 nitrogen and oxygen atoms in total. The van der Waals surface area contributed by atoms with Gasteiger partial charge < -0.3 is 5.32 Å². The molecule has 0 unspecified atom stereocenters. The van der Waals surface area contributed by atoms with Crippen LogP contribution in [0.4, 0.5) is 5.95 Å². The first-order valence-corrected chi connectivity index (χ1v) is 5.63. The van der Waals surface area contributed by atoms with E-state index < -0.39 is 0 Å². The molecule has 0 spiro atoms. The minimum atomic E-state index is 0.687. The van der Waals surface area contributed by atoms with Crippen molar-refractivity contribution in [2.45, 2.75) is 20.4 Å². The molecule has 2 aromatic heterocycles. The Morgan fingerprint density at radius 1 is 1.20 bits per heavy atom. The number of anilines is 1. The number of aryl methyl sites for hydroxylation is 2. The number of nitrogens with zero attached hydrogens (tertiary/aromatic N) is 2. The van der Waals surface area contributed by atoms with Gasteiger partial charge in [-0.1, -0.05) is 0 Å². The molecule has 2 heterocycles. The summed E-state index contributed by atoms with van der Waals surface area (Å²) in [6.07, 6.45) is 3.63. The first kappa shape index (κ1) is 10.1. The molecular weight excluding hydrogens is 206 g/mol. The Labute approximate surface area is 93.2 Å². The van der Waals surface area contributed by atoms with Crippen molar-refractivity contribution >= 4 is 17.3 Å². The topological polar surface area (TPSA) is 37.8 Å². The van der Waals surface area contributed by atoms with Crippen molar-refractivity contribution in [2.24, 2.45) is 0 Å². The van der Waals surface area contributed by atoms with Gasteiger partial charge in [-0.2, -0.15) is 0 Å². The van der Waals surface area contributed by atoms with Crippen molar-refractivity contribution in [3.63, 3.8) is 0 Å². The zero-order valence-corrected chi connectivity index (χ0v) is 9.64. The first-order valence-electron chi connectivity index (χ1n) is 4.82. The van der Waals surface area contributed by atoms with Crippen molar-refractivity contribution in [3.05, 3.63) is 39.8 Å². The van der Waals surface area contributed by atoms with Gasteiger partial charge in [0.05, 0.1) is 6.54 Å². The van der Waals surface area contributed by atoms with Crippen molar-refractivity contribution in [2.75, 3.05) is 5.32 Å². The molecule has 2 rings (SSSR count). The van der Waals surface area contributed by atoms with Crippen LogP contribution in [0.3, 0.4) is 0 Å². The number of rotatable bonds is 3. The Morgan fingerprint density at radius 3 is 2.53 bits per heavy atom. The molecule has 4 heteroatoms. The monoisotopic (exact) mass is 219 g/mol. The average Bonchev–Trinajstić information content (AvgIpc) is 2.64. The van der Waals surface area contributed by atoms with E-state index in [1.54, 1.807) is 11.3 Å². The molecule has 0 aromatic carbocycles. The Kier molecular flexibility index (Phi) is 2.97. The number of nitrogens with one attached hydrogen (secondary N) is 1. The summed E-state index contributed by atoms with van der Waals surface area (Å²) >= 11 is 1.79. The second-order valence-electron chi connectivity index (χ2n) is 3.45. The molecule has 0 aliphatic rings. The largest absolute Gasteiger partial charge is 0.349 e. The van der Waals surface area contributed by atoms with Gasteiger partial charge in [0, 0.05) is 22.1 Å². The highest BCUT2D eigenvalue weighted by Gasteiger charge is 1.98. The van der Waals surface area contributed by atoms with Crippen LogP contribution in [-0.4, -0.2) is 9.97 Å². The highest BCUT2D eigenvalue weighted by molar-refractivity contribution is 7.11. The van der Waals surface area contributed by atoms with Gasteiger partial charge >= 0.3 is 0 Å². The maximum absolute atomic E-state index is 4.18. The van der Waals surface area contributed by atoms with Gasteiger partial charge in [-0.15, -0.1) is 11.3 Å². The van der Waals surface area contributed by atoms with Crippen molar-refractivity contribution < 1.29 is 0 Å². The maximum Gasteiger partial charge on any atom is 0.222 e. The van der Waals surface area contributed by atoms with E-state index in [2.05, 4.69) is 34.3 Å². The molecule has 78 valence electrons. The van der Waals surface area contributed by atoms with Crippen molar-refractivity contribution in [3.8, 4) is 0 Å². The molecule has 0 saturated carbocycles.